The van der Waals surface area contributed by atoms with Crippen molar-refractivity contribution in [2.24, 2.45) is 0 Å². The highest BCUT2D eigenvalue weighted by molar-refractivity contribution is 8.01. The third kappa shape index (κ3) is 3.52. The molecule has 6 nitrogen and oxygen atoms in total. The Morgan fingerprint density at radius 1 is 1.42 bits per heavy atom. The van der Waals surface area contributed by atoms with Gasteiger partial charge in [0.15, 0.2) is 15.5 Å². The smallest absolute Gasteiger partial charge is 0.293 e. The number of hydrogen-bond acceptors (Lipinski definition) is 7. The molecule has 0 saturated carbocycles. The molecular formula is C15H10FN3O3S2. The lowest BCUT2D eigenvalue weighted by Crippen LogP contribution is -2.14. The Morgan fingerprint density at radius 3 is 3.04 bits per heavy atom. The number of nitrogens with one attached hydrogen (secondary N) is 1. The number of rotatable bonds is 5. The lowest BCUT2D eigenvalue weighted by atomic mass is 10.2. The highest BCUT2D eigenvalue weighted by Crippen LogP contribution is 2.25. The van der Waals surface area contributed by atoms with Gasteiger partial charge >= 0.3 is 0 Å². The Hall–Kier alpha value is -2.52. The van der Waals surface area contributed by atoms with Gasteiger partial charge in [-0.3, -0.25) is 14.9 Å². The van der Waals surface area contributed by atoms with Gasteiger partial charge in [0.05, 0.1) is 5.39 Å². The van der Waals surface area contributed by atoms with Crippen molar-refractivity contribution in [2.75, 3.05) is 11.1 Å². The molecule has 24 heavy (non-hydrogen) atoms. The van der Waals surface area contributed by atoms with E-state index < -0.39 is 17.2 Å². The molecule has 0 atom stereocenters. The monoisotopic (exact) mass is 363 g/mol. The van der Waals surface area contributed by atoms with Crippen LogP contribution < -0.4 is 10.7 Å². The van der Waals surface area contributed by atoms with Crippen LogP contribution in [0.15, 0.2) is 50.5 Å². The van der Waals surface area contributed by atoms with Gasteiger partial charge in [-0.2, -0.15) is 0 Å². The van der Waals surface area contributed by atoms with Gasteiger partial charge in [0.2, 0.25) is 5.13 Å². The second kappa shape index (κ2) is 6.93. The Kier molecular flexibility index (Phi) is 4.72. The van der Waals surface area contributed by atoms with Crippen molar-refractivity contribution in [3.05, 3.63) is 58.7 Å². The Morgan fingerprint density at radius 2 is 2.25 bits per heavy atom. The fourth-order valence-corrected chi connectivity index (χ4v) is 3.36. The van der Waals surface area contributed by atoms with Crippen LogP contribution in [0.5, 0.6) is 0 Å². The van der Waals surface area contributed by atoms with E-state index in [0.29, 0.717) is 10.1 Å². The molecule has 0 saturated heterocycles. The molecule has 0 bridgehead atoms. The maximum atomic E-state index is 13.2. The van der Waals surface area contributed by atoms with Crippen LogP contribution in [0.3, 0.4) is 0 Å². The average molecular weight is 363 g/mol. The van der Waals surface area contributed by atoms with Crippen LogP contribution in [0.4, 0.5) is 9.52 Å². The molecule has 0 unspecified atom stereocenters. The zero-order valence-corrected chi connectivity index (χ0v) is 13.7. The minimum Gasteiger partial charge on any atom is -0.451 e. The molecular weight excluding hydrogens is 353 g/mol. The summed E-state index contributed by atoms with van der Waals surface area (Å²) in [5.74, 6) is -0.687. The Labute approximate surface area is 143 Å². The SMILES string of the molecule is C=CCSc1nnc(NC(=O)c2cc(=O)c3cc(F)ccc3o2)s1. The fraction of sp³-hybridized carbons (Fsp3) is 0.0667. The van der Waals surface area contributed by atoms with Crippen molar-refractivity contribution in [2.45, 2.75) is 4.34 Å². The molecule has 9 heteroatoms. The number of fused-ring (bicyclic) bond motifs is 1. The minimum absolute atomic E-state index is 0.0746. The molecule has 1 aromatic carbocycles. The number of anilines is 1. The summed E-state index contributed by atoms with van der Waals surface area (Å²) in [4.78, 5) is 24.2. The van der Waals surface area contributed by atoms with Crippen molar-refractivity contribution in [1.82, 2.24) is 10.2 Å². The van der Waals surface area contributed by atoms with Crippen molar-refractivity contribution in [3.8, 4) is 0 Å². The van der Waals surface area contributed by atoms with Gasteiger partial charge in [-0.05, 0) is 18.2 Å². The van der Waals surface area contributed by atoms with Gasteiger partial charge in [0.25, 0.3) is 5.91 Å². The van der Waals surface area contributed by atoms with E-state index >= 15 is 0 Å². The molecule has 0 aliphatic carbocycles. The molecule has 1 N–H and O–H groups in total. The number of benzene rings is 1. The summed E-state index contributed by atoms with van der Waals surface area (Å²) in [6.45, 7) is 3.61. The van der Waals surface area contributed by atoms with Gasteiger partial charge in [-0.15, -0.1) is 16.8 Å². The summed E-state index contributed by atoms with van der Waals surface area (Å²) in [6.07, 6.45) is 1.73. The second-order valence-electron chi connectivity index (χ2n) is 4.54. The summed E-state index contributed by atoms with van der Waals surface area (Å²) in [5, 5.41) is 10.6. The summed E-state index contributed by atoms with van der Waals surface area (Å²) < 4.78 is 19.2. The first-order valence-corrected chi connectivity index (χ1v) is 8.49. The molecule has 0 radical (unpaired) electrons. The van der Waals surface area contributed by atoms with Gasteiger partial charge in [0, 0.05) is 11.8 Å². The van der Waals surface area contributed by atoms with Crippen molar-refractivity contribution in [1.29, 1.82) is 0 Å². The summed E-state index contributed by atoms with van der Waals surface area (Å²) in [7, 11) is 0. The number of carbonyl (C=O) groups excluding carboxylic acids is 1. The van der Waals surface area contributed by atoms with Gasteiger partial charge in [-0.25, -0.2) is 4.39 Å². The van der Waals surface area contributed by atoms with E-state index in [0.717, 1.165) is 18.2 Å². The molecule has 2 heterocycles. The predicted molar refractivity (Wildman–Crippen MR) is 91.2 cm³/mol. The maximum Gasteiger partial charge on any atom is 0.293 e. The number of amides is 1. The van der Waals surface area contributed by atoms with Crippen LogP contribution in [0, 0.1) is 5.82 Å². The number of thioether (sulfide) groups is 1. The van der Waals surface area contributed by atoms with Crippen LogP contribution in [0.1, 0.15) is 10.6 Å². The predicted octanol–water partition coefficient (Wildman–Crippen LogP) is 3.31. The number of halogens is 1. The minimum atomic E-state index is -0.630. The number of hydrogen-bond donors (Lipinski definition) is 1. The zero-order valence-electron chi connectivity index (χ0n) is 12.1. The highest BCUT2D eigenvalue weighted by Gasteiger charge is 2.15. The van der Waals surface area contributed by atoms with Crippen LogP contribution in [-0.4, -0.2) is 21.9 Å². The third-order valence-corrected chi connectivity index (χ3v) is 4.83. The first kappa shape index (κ1) is 16.3. The van der Waals surface area contributed by atoms with Crippen LogP contribution in [0.25, 0.3) is 11.0 Å². The lowest BCUT2D eigenvalue weighted by Gasteiger charge is -2.02. The molecule has 3 rings (SSSR count). The van der Waals surface area contributed by atoms with E-state index in [1.54, 1.807) is 6.08 Å². The standard InChI is InChI=1S/C15H10FN3O3S2/c1-2-5-23-15-19-18-14(24-15)17-13(21)12-7-10(20)9-6-8(16)3-4-11(9)22-12/h2-4,6-7H,1,5H2,(H,17,18,21). The van der Waals surface area contributed by atoms with E-state index in [1.165, 1.54) is 29.2 Å². The van der Waals surface area contributed by atoms with Crippen LogP contribution in [0.2, 0.25) is 0 Å². The molecule has 0 aliphatic heterocycles. The van der Waals surface area contributed by atoms with Crippen LogP contribution >= 0.6 is 23.1 Å². The fourth-order valence-electron chi connectivity index (χ4n) is 1.85. The molecule has 2 aromatic heterocycles. The molecule has 0 spiro atoms. The quantitative estimate of drug-likeness (QED) is 0.425. The van der Waals surface area contributed by atoms with Gasteiger partial charge in [-0.1, -0.05) is 29.2 Å². The average Bonchev–Trinajstić information content (AvgIpc) is 3.00. The van der Waals surface area contributed by atoms with E-state index in [-0.39, 0.29) is 21.9 Å². The third-order valence-electron chi connectivity index (χ3n) is 2.86. The highest BCUT2D eigenvalue weighted by atomic mass is 32.2. The zero-order chi connectivity index (χ0) is 17.1. The van der Waals surface area contributed by atoms with E-state index in [9.17, 15) is 14.0 Å². The number of nitrogens with zero attached hydrogens (tertiary/aromatic N) is 2. The largest absolute Gasteiger partial charge is 0.451 e. The molecule has 122 valence electrons. The van der Waals surface area contributed by atoms with E-state index in [2.05, 4.69) is 22.1 Å². The summed E-state index contributed by atoms with van der Waals surface area (Å²) in [6, 6.07) is 4.54. The molecule has 1 amide bonds. The van der Waals surface area contributed by atoms with Gasteiger partial charge < -0.3 is 4.42 Å². The number of carbonyl (C=O) groups is 1. The Balaban J connectivity index is 1.83. The first-order valence-electron chi connectivity index (χ1n) is 6.69. The normalized spacial score (nSPS) is 10.7. The Bertz CT molecular complexity index is 983. The van der Waals surface area contributed by atoms with E-state index in [4.69, 9.17) is 4.42 Å². The first-order chi connectivity index (χ1) is 11.6. The maximum absolute atomic E-state index is 13.2. The molecule has 3 aromatic rings. The second-order valence-corrected chi connectivity index (χ2v) is 6.79. The van der Waals surface area contributed by atoms with Gasteiger partial charge in [0.1, 0.15) is 11.4 Å². The molecule has 0 aliphatic rings. The molecule has 0 fully saturated rings. The van der Waals surface area contributed by atoms with Crippen molar-refractivity contribution in [3.63, 3.8) is 0 Å². The van der Waals surface area contributed by atoms with Crippen molar-refractivity contribution < 1.29 is 13.6 Å². The van der Waals surface area contributed by atoms with E-state index in [1.807, 2.05) is 0 Å². The lowest BCUT2D eigenvalue weighted by molar-refractivity contribution is 0.0997. The number of aromatic nitrogens is 2. The summed E-state index contributed by atoms with van der Waals surface area (Å²) in [5.41, 5.74) is -0.367. The topological polar surface area (TPSA) is 85.1 Å². The summed E-state index contributed by atoms with van der Waals surface area (Å²) >= 11 is 2.63. The van der Waals surface area contributed by atoms with Crippen molar-refractivity contribution >= 4 is 45.1 Å². The van der Waals surface area contributed by atoms with Crippen LogP contribution in [-0.2, 0) is 0 Å².